The van der Waals surface area contributed by atoms with Gasteiger partial charge >= 0.3 is 0 Å². The molecule has 1 N–H and O–H groups in total. The quantitative estimate of drug-likeness (QED) is 0.455. The molecule has 0 radical (unpaired) electrons. The van der Waals surface area contributed by atoms with E-state index in [1.807, 2.05) is 30.3 Å². The van der Waals surface area contributed by atoms with Gasteiger partial charge < -0.3 is 5.32 Å². The lowest BCUT2D eigenvalue weighted by atomic mass is 10.1. The molecule has 3 heterocycles. The van der Waals surface area contributed by atoms with Crippen LogP contribution in [0.15, 0.2) is 61.1 Å². The minimum Gasteiger partial charge on any atom is -0.367 e. The second-order valence-corrected chi connectivity index (χ2v) is 9.46. The van der Waals surface area contributed by atoms with Gasteiger partial charge in [-0.15, -0.1) is 0 Å². The Kier molecular flexibility index (Phi) is 4.67. The van der Waals surface area contributed by atoms with E-state index in [4.69, 9.17) is 11.6 Å². The Bertz CT molecular complexity index is 1320. The van der Waals surface area contributed by atoms with Crippen LogP contribution in [0.3, 0.4) is 0 Å². The number of hydrogen-bond donors (Lipinski definition) is 1. The van der Waals surface area contributed by atoms with Crippen LogP contribution in [0.1, 0.15) is 18.4 Å². The molecule has 3 aromatic heterocycles. The van der Waals surface area contributed by atoms with Crippen molar-refractivity contribution in [3.05, 3.63) is 71.9 Å². The maximum atomic E-state index is 13.3. The lowest BCUT2D eigenvalue weighted by molar-refractivity contribution is 0.588. The van der Waals surface area contributed by atoms with Crippen molar-refractivity contribution < 1.29 is 8.42 Å². The molecule has 0 unspecified atom stereocenters. The van der Waals surface area contributed by atoms with Gasteiger partial charge in [0.2, 0.25) is 15.3 Å². The Morgan fingerprint density at radius 3 is 2.50 bits per heavy atom. The molecule has 30 heavy (non-hydrogen) atoms. The number of nitrogens with zero attached hydrogens (tertiary/aromatic N) is 4. The summed E-state index contributed by atoms with van der Waals surface area (Å²) < 4.78 is 27.9. The number of halogens is 1. The van der Waals surface area contributed by atoms with Gasteiger partial charge in [0.25, 0.3) is 0 Å². The summed E-state index contributed by atoms with van der Waals surface area (Å²) in [6.45, 7) is 0. The van der Waals surface area contributed by atoms with Crippen molar-refractivity contribution in [2.75, 3.05) is 5.32 Å². The Labute approximate surface area is 178 Å². The van der Waals surface area contributed by atoms with Crippen LogP contribution in [0, 0.1) is 0 Å². The van der Waals surface area contributed by atoms with Gasteiger partial charge in [0.15, 0.2) is 5.65 Å². The van der Waals surface area contributed by atoms with Crippen LogP contribution in [0.25, 0.3) is 22.2 Å². The van der Waals surface area contributed by atoms with Crippen molar-refractivity contribution >= 4 is 38.5 Å². The SMILES string of the molecule is O=S(=O)(Cc1ccccc1)n1cc(-c2ccncc2)c2c(NC3CC3)nc(Cl)nc21. The van der Waals surface area contributed by atoms with Crippen LogP contribution in [-0.4, -0.2) is 33.4 Å². The fraction of sp³-hybridized carbons (Fsp3) is 0.190. The van der Waals surface area contributed by atoms with Gasteiger partial charge in [-0.2, -0.15) is 4.98 Å². The molecule has 0 spiro atoms. The Hall–Kier alpha value is -2.97. The number of nitrogens with one attached hydrogen (secondary N) is 1. The maximum absolute atomic E-state index is 13.3. The normalized spacial score (nSPS) is 14.2. The van der Waals surface area contributed by atoms with E-state index in [0.717, 1.165) is 18.4 Å². The van der Waals surface area contributed by atoms with Crippen molar-refractivity contribution in [3.8, 4) is 11.1 Å². The average Bonchev–Trinajstić information content (AvgIpc) is 3.46. The van der Waals surface area contributed by atoms with Gasteiger partial charge in [-0.25, -0.2) is 17.4 Å². The zero-order valence-corrected chi connectivity index (χ0v) is 17.4. The van der Waals surface area contributed by atoms with Gasteiger partial charge in [0.05, 0.1) is 11.1 Å². The summed E-state index contributed by atoms with van der Waals surface area (Å²) in [6, 6.07) is 13.0. The van der Waals surface area contributed by atoms with Crippen molar-refractivity contribution in [3.63, 3.8) is 0 Å². The highest BCUT2D eigenvalue weighted by Crippen LogP contribution is 2.37. The smallest absolute Gasteiger partial charge is 0.244 e. The van der Waals surface area contributed by atoms with E-state index < -0.39 is 10.0 Å². The lowest BCUT2D eigenvalue weighted by Crippen LogP contribution is -2.15. The first-order valence-corrected chi connectivity index (χ1v) is 11.5. The standard InChI is InChI=1S/C21H18ClN5O2S/c22-21-25-19(24-16-6-7-16)18-17(15-8-10-23-11-9-15)12-27(20(18)26-21)30(28,29)13-14-4-2-1-3-5-14/h1-5,8-12,16H,6-7,13H2,(H,24,25,26). The molecule has 7 nitrogen and oxygen atoms in total. The molecule has 4 aromatic rings. The van der Waals surface area contributed by atoms with E-state index >= 15 is 0 Å². The molecule has 1 fully saturated rings. The topological polar surface area (TPSA) is 89.8 Å². The third-order valence-corrected chi connectivity index (χ3v) is 6.73. The molecule has 1 aromatic carbocycles. The molecular weight excluding hydrogens is 422 g/mol. The van der Waals surface area contributed by atoms with E-state index in [2.05, 4.69) is 20.3 Å². The molecule has 152 valence electrons. The number of anilines is 1. The van der Waals surface area contributed by atoms with E-state index in [-0.39, 0.29) is 16.7 Å². The van der Waals surface area contributed by atoms with Crippen LogP contribution in [0.5, 0.6) is 0 Å². The molecule has 0 amide bonds. The molecule has 0 bridgehead atoms. The van der Waals surface area contributed by atoms with Gasteiger partial charge in [-0.05, 0) is 47.7 Å². The summed E-state index contributed by atoms with van der Waals surface area (Å²) >= 11 is 6.18. The summed E-state index contributed by atoms with van der Waals surface area (Å²) in [6.07, 6.45) is 7.02. The van der Waals surface area contributed by atoms with E-state index in [9.17, 15) is 8.42 Å². The average molecular weight is 440 g/mol. The Morgan fingerprint density at radius 2 is 1.80 bits per heavy atom. The fourth-order valence-electron chi connectivity index (χ4n) is 3.42. The minimum absolute atomic E-state index is 0.00110. The predicted molar refractivity (Wildman–Crippen MR) is 117 cm³/mol. The van der Waals surface area contributed by atoms with Crippen molar-refractivity contribution in [2.24, 2.45) is 0 Å². The molecule has 0 atom stereocenters. The van der Waals surface area contributed by atoms with Crippen LogP contribution in [0.4, 0.5) is 5.82 Å². The zero-order chi connectivity index (χ0) is 20.7. The maximum Gasteiger partial charge on any atom is 0.244 e. The summed E-state index contributed by atoms with van der Waals surface area (Å²) in [5, 5.41) is 4.00. The summed E-state index contributed by atoms with van der Waals surface area (Å²) in [5.41, 5.74) is 2.50. The first kappa shape index (κ1) is 19.0. The van der Waals surface area contributed by atoms with E-state index in [1.54, 1.807) is 30.7 Å². The van der Waals surface area contributed by atoms with Gasteiger partial charge in [-0.1, -0.05) is 30.3 Å². The second-order valence-electron chi connectivity index (χ2n) is 7.27. The van der Waals surface area contributed by atoms with Crippen molar-refractivity contribution in [1.29, 1.82) is 0 Å². The number of hydrogen-bond acceptors (Lipinski definition) is 6. The number of fused-ring (bicyclic) bond motifs is 1. The lowest BCUT2D eigenvalue weighted by Gasteiger charge is -2.09. The summed E-state index contributed by atoms with van der Waals surface area (Å²) in [4.78, 5) is 12.7. The predicted octanol–water partition coefficient (Wildman–Crippen LogP) is 4.10. The van der Waals surface area contributed by atoms with Crippen LogP contribution >= 0.6 is 11.6 Å². The Balaban J connectivity index is 1.73. The first-order valence-electron chi connectivity index (χ1n) is 9.54. The molecular formula is C21H18ClN5O2S. The largest absolute Gasteiger partial charge is 0.367 e. The molecule has 5 rings (SSSR count). The number of aromatic nitrogens is 4. The molecule has 0 aliphatic heterocycles. The van der Waals surface area contributed by atoms with Crippen molar-refractivity contribution in [2.45, 2.75) is 24.6 Å². The third-order valence-electron chi connectivity index (χ3n) is 4.99. The van der Waals surface area contributed by atoms with Gasteiger partial charge in [0.1, 0.15) is 5.82 Å². The molecule has 9 heteroatoms. The van der Waals surface area contributed by atoms with Crippen LogP contribution < -0.4 is 5.32 Å². The number of benzene rings is 1. The molecule has 1 aliphatic carbocycles. The number of pyridine rings is 1. The highest BCUT2D eigenvalue weighted by Gasteiger charge is 2.28. The summed E-state index contributed by atoms with van der Waals surface area (Å²) in [7, 11) is -3.75. The van der Waals surface area contributed by atoms with Crippen LogP contribution in [-0.2, 0) is 15.8 Å². The third kappa shape index (κ3) is 3.64. The van der Waals surface area contributed by atoms with Crippen molar-refractivity contribution in [1.82, 2.24) is 18.9 Å². The first-order chi connectivity index (χ1) is 14.5. The molecule has 0 saturated heterocycles. The molecule has 1 aliphatic rings. The number of rotatable bonds is 6. The van der Waals surface area contributed by atoms with Gasteiger partial charge in [0, 0.05) is 30.2 Å². The van der Waals surface area contributed by atoms with E-state index in [1.165, 1.54) is 3.97 Å². The molecule has 1 saturated carbocycles. The second kappa shape index (κ2) is 7.37. The van der Waals surface area contributed by atoms with Gasteiger partial charge in [-0.3, -0.25) is 4.98 Å². The summed E-state index contributed by atoms with van der Waals surface area (Å²) in [5.74, 6) is 0.397. The van der Waals surface area contributed by atoms with Crippen LogP contribution in [0.2, 0.25) is 5.28 Å². The Morgan fingerprint density at radius 1 is 1.07 bits per heavy atom. The zero-order valence-electron chi connectivity index (χ0n) is 15.9. The fourth-order valence-corrected chi connectivity index (χ4v) is 4.99. The highest BCUT2D eigenvalue weighted by molar-refractivity contribution is 7.89. The van der Waals surface area contributed by atoms with E-state index in [0.29, 0.717) is 28.4 Å². The highest BCUT2D eigenvalue weighted by atomic mass is 35.5. The minimum atomic E-state index is -3.75. The monoisotopic (exact) mass is 439 g/mol.